The lowest BCUT2D eigenvalue weighted by Crippen LogP contribution is -2.48. The Bertz CT molecular complexity index is 900. The topological polar surface area (TPSA) is 87.7 Å². The van der Waals surface area contributed by atoms with Crippen molar-refractivity contribution in [1.82, 2.24) is 10.2 Å². The van der Waals surface area contributed by atoms with E-state index in [9.17, 15) is 14.4 Å². The minimum absolute atomic E-state index is 0.0902. The van der Waals surface area contributed by atoms with Crippen LogP contribution in [0.15, 0.2) is 54.6 Å². The summed E-state index contributed by atoms with van der Waals surface area (Å²) < 4.78 is 5.79. The molecule has 2 N–H and O–H groups in total. The molecular formula is C21H21N3O4. The van der Waals surface area contributed by atoms with Gasteiger partial charge in [0.1, 0.15) is 12.1 Å². The lowest BCUT2D eigenvalue weighted by molar-refractivity contribution is -0.140. The van der Waals surface area contributed by atoms with E-state index in [-0.39, 0.29) is 30.2 Å². The molecule has 2 aliphatic rings. The number of carbonyl (C=O) groups excluding carboxylic acids is 3. The SMILES string of the molecule is O=C1NC(CC(=O)N2CCOC(c3ccccc3)C2)C(=O)Nc2ccccc21. The first-order valence-electron chi connectivity index (χ1n) is 9.27. The van der Waals surface area contributed by atoms with Gasteiger partial charge in [-0.25, -0.2) is 0 Å². The van der Waals surface area contributed by atoms with Gasteiger partial charge in [-0.2, -0.15) is 0 Å². The van der Waals surface area contributed by atoms with Gasteiger partial charge in [0.25, 0.3) is 5.91 Å². The minimum Gasteiger partial charge on any atom is -0.370 e. The Hall–Kier alpha value is -3.19. The van der Waals surface area contributed by atoms with Crippen molar-refractivity contribution in [3.8, 4) is 0 Å². The number of nitrogens with zero attached hydrogens (tertiary/aromatic N) is 1. The van der Waals surface area contributed by atoms with Gasteiger partial charge < -0.3 is 20.3 Å². The highest BCUT2D eigenvalue weighted by atomic mass is 16.5. The third kappa shape index (κ3) is 3.75. The summed E-state index contributed by atoms with van der Waals surface area (Å²) in [6.07, 6.45) is -0.284. The maximum absolute atomic E-state index is 12.8. The highest BCUT2D eigenvalue weighted by Crippen LogP contribution is 2.23. The average Bonchev–Trinajstić information content (AvgIpc) is 2.85. The van der Waals surface area contributed by atoms with Crippen molar-refractivity contribution < 1.29 is 19.1 Å². The monoisotopic (exact) mass is 379 g/mol. The summed E-state index contributed by atoms with van der Waals surface area (Å²) in [7, 11) is 0. The molecule has 0 radical (unpaired) electrons. The summed E-state index contributed by atoms with van der Waals surface area (Å²) in [5, 5.41) is 5.40. The van der Waals surface area contributed by atoms with E-state index in [4.69, 9.17) is 4.74 Å². The van der Waals surface area contributed by atoms with Crippen molar-refractivity contribution in [2.24, 2.45) is 0 Å². The summed E-state index contributed by atoms with van der Waals surface area (Å²) in [6.45, 7) is 1.32. The van der Waals surface area contributed by atoms with Gasteiger partial charge >= 0.3 is 0 Å². The fourth-order valence-corrected chi connectivity index (χ4v) is 3.50. The number of ether oxygens (including phenoxy) is 1. The van der Waals surface area contributed by atoms with Crippen LogP contribution >= 0.6 is 0 Å². The molecule has 2 aliphatic heterocycles. The van der Waals surface area contributed by atoms with Crippen molar-refractivity contribution in [1.29, 1.82) is 0 Å². The summed E-state index contributed by atoms with van der Waals surface area (Å²) in [4.78, 5) is 39.4. The molecule has 0 bridgehead atoms. The molecule has 7 nitrogen and oxygen atoms in total. The van der Waals surface area contributed by atoms with Crippen LogP contribution in [0.5, 0.6) is 0 Å². The van der Waals surface area contributed by atoms with E-state index in [0.29, 0.717) is 30.9 Å². The van der Waals surface area contributed by atoms with Crippen molar-refractivity contribution in [3.05, 3.63) is 65.7 Å². The molecule has 0 aliphatic carbocycles. The maximum atomic E-state index is 12.8. The number of hydrogen-bond acceptors (Lipinski definition) is 4. The van der Waals surface area contributed by atoms with Crippen LogP contribution in [0, 0.1) is 0 Å². The van der Waals surface area contributed by atoms with Crippen molar-refractivity contribution in [2.75, 3.05) is 25.0 Å². The summed E-state index contributed by atoms with van der Waals surface area (Å²) in [5.41, 5.74) is 1.85. The van der Waals surface area contributed by atoms with Crippen molar-refractivity contribution in [2.45, 2.75) is 18.6 Å². The first-order chi connectivity index (χ1) is 13.6. The molecule has 28 heavy (non-hydrogen) atoms. The molecule has 0 spiro atoms. The number of morpholine rings is 1. The summed E-state index contributed by atoms with van der Waals surface area (Å²) >= 11 is 0. The molecule has 2 aromatic carbocycles. The average molecular weight is 379 g/mol. The van der Waals surface area contributed by atoms with Gasteiger partial charge in [-0.1, -0.05) is 42.5 Å². The molecule has 2 unspecified atom stereocenters. The summed E-state index contributed by atoms with van der Waals surface area (Å²) in [5.74, 6) is -0.939. The van der Waals surface area contributed by atoms with Crippen LogP contribution in [0.25, 0.3) is 0 Å². The molecule has 2 heterocycles. The molecule has 0 saturated carbocycles. The summed E-state index contributed by atoms with van der Waals surface area (Å²) in [6, 6.07) is 15.6. The number of para-hydroxylation sites is 1. The number of rotatable bonds is 3. The normalized spacial score (nSPS) is 21.9. The Balaban J connectivity index is 1.43. The molecule has 7 heteroatoms. The highest BCUT2D eigenvalue weighted by molar-refractivity contribution is 6.10. The van der Waals surface area contributed by atoms with Crippen LogP contribution in [-0.2, 0) is 14.3 Å². The Morgan fingerprint density at radius 3 is 2.64 bits per heavy atom. The van der Waals surface area contributed by atoms with E-state index in [1.54, 1.807) is 29.2 Å². The zero-order chi connectivity index (χ0) is 19.5. The van der Waals surface area contributed by atoms with Gasteiger partial charge in [0, 0.05) is 6.54 Å². The number of nitrogens with one attached hydrogen (secondary N) is 2. The molecule has 3 amide bonds. The molecular weight excluding hydrogens is 358 g/mol. The number of anilines is 1. The first-order valence-corrected chi connectivity index (χ1v) is 9.27. The quantitative estimate of drug-likeness (QED) is 0.850. The van der Waals surface area contributed by atoms with E-state index in [2.05, 4.69) is 10.6 Å². The van der Waals surface area contributed by atoms with E-state index < -0.39 is 6.04 Å². The zero-order valence-electron chi connectivity index (χ0n) is 15.3. The van der Waals surface area contributed by atoms with E-state index >= 15 is 0 Å². The van der Waals surface area contributed by atoms with Crippen LogP contribution < -0.4 is 10.6 Å². The van der Waals surface area contributed by atoms with Gasteiger partial charge in [0.05, 0.1) is 30.8 Å². The van der Waals surface area contributed by atoms with Gasteiger partial charge in [-0.15, -0.1) is 0 Å². The number of benzene rings is 2. The van der Waals surface area contributed by atoms with Crippen molar-refractivity contribution in [3.63, 3.8) is 0 Å². The van der Waals surface area contributed by atoms with E-state index in [1.807, 2.05) is 30.3 Å². The molecule has 1 fully saturated rings. The zero-order valence-corrected chi connectivity index (χ0v) is 15.3. The Morgan fingerprint density at radius 1 is 1.07 bits per heavy atom. The van der Waals surface area contributed by atoms with Gasteiger partial charge in [-0.3, -0.25) is 14.4 Å². The molecule has 1 saturated heterocycles. The standard InChI is InChI=1S/C21H21N3O4/c25-19(24-10-11-28-18(13-24)14-6-2-1-3-7-14)12-17-21(27)22-16-9-5-4-8-15(16)20(26)23-17/h1-9,17-18H,10-13H2,(H,22,27)(H,23,26). The molecule has 4 rings (SSSR count). The predicted octanol–water partition coefficient (Wildman–Crippen LogP) is 1.73. The second kappa shape index (κ2) is 7.82. The van der Waals surface area contributed by atoms with Gasteiger partial charge in [-0.05, 0) is 17.7 Å². The van der Waals surface area contributed by atoms with Crippen molar-refractivity contribution >= 4 is 23.4 Å². The lowest BCUT2D eigenvalue weighted by atomic mass is 10.1. The third-order valence-corrected chi connectivity index (χ3v) is 5.02. The maximum Gasteiger partial charge on any atom is 0.254 e. The first kappa shape index (κ1) is 18.2. The van der Waals surface area contributed by atoms with Gasteiger partial charge in [0.15, 0.2) is 0 Å². The van der Waals surface area contributed by atoms with E-state index in [0.717, 1.165) is 5.56 Å². The molecule has 2 aromatic rings. The van der Waals surface area contributed by atoms with Crippen LogP contribution in [-0.4, -0.2) is 48.4 Å². The number of amides is 3. The highest BCUT2D eigenvalue weighted by Gasteiger charge is 2.32. The number of hydrogen-bond donors (Lipinski definition) is 2. The Morgan fingerprint density at radius 2 is 1.82 bits per heavy atom. The Kier molecular flexibility index (Phi) is 5.08. The fraction of sp³-hybridized carbons (Fsp3) is 0.286. The second-order valence-corrected chi connectivity index (χ2v) is 6.87. The van der Waals surface area contributed by atoms with Crippen LogP contribution in [0.4, 0.5) is 5.69 Å². The third-order valence-electron chi connectivity index (χ3n) is 5.02. The Labute approximate surface area is 162 Å². The van der Waals surface area contributed by atoms with Crippen LogP contribution in [0.2, 0.25) is 0 Å². The van der Waals surface area contributed by atoms with Crippen LogP contribution in [0.3, 0.4) is 0 Å². The number of fused-ring (bicyclic) bond motifs is 1. The predicted molar refractivity (Wildman–Crippen MR) is 103 cm³/mol. The molecule has 144 valence electrons. The number of carbonyl (C=O) groups is 3. The largest absolute Gasteiger partial charge is 0.370 e. The van der Waals surface area contributed by atoms with Crippen LogP contribution in [0.1, 0.15) is 28.4 Å². The lowest BCUT2D eigenvalue weighted by Gasteiger charge is -2.34. The molecule has 2 atom stereocenters. The second-order valence-electron chi connectivity index (χ2n) is 6.87. The smallest absolute Gasteiger partial charge is 0.254 e. The fourth-order valence-electron chi connectivity index (χ4n) is 3.50. The van der Waals surface area contributed by atoms with Gasteiger partial charge in [0.2, 0.25) is 11.8 Å². The minimum atomic E-state index is -0.912. The van der Waals surface area contributed by atoms with E-state index in [1.165, 1.54) is 0 Å². The molecule has 0 aromatic heterocycles.